The minimum Gasteiger partial charge on any atom is -0.245 e. The number of hydrogen-bond acceptors (Lipinski definition) is 4. The summed E-state index contributed by atoms with van der Waals surface area (Å²) in [5, 5.41) is 4.43. The third-order valence-electron chi connectivity index (χ3n) is 3.28. The Labute approximate surface area is 126 Å². The Balaban J connectivity index is 2.25. The second-order valence-corrected chi connectivity index (χ2v) is 5.53. The van der Waals surface area contributed by atoms with Crippen LogP contribution in [0.3, 0.4) is 0 Å². The van der Waals surface area contributed by atoms with E-state index in [1.54, 1.807) is 0 Å². The molecule has 0 fully saturated rings. The Bertz CT molecular complexity index is 639. The summed E-state index contributed by atoms with van der Waals surface area (Å²) < 4.78 is 0. The van der Waals surface area contributed by atoms with Crippen molar-refractivity contribution in [2.45, 2.75) is 40.5 Å². The van der Waals surface area contributed by atoms with E-state index < -0.39 is 0 Å². The Morgan fingerprint density at radius 2 is 1.71 bits per heavy atom. The van der Waals surface area contributed by atoms with Crippen molar-refractivity contribution >= 4 is 11.7 Å². The summed E-state index contributed by atoms with van der Waals surface area (Å²) in [7, 11) is 0. The number of benzene rings is 1. The molecule has 0 atom stereocenters. The van der Waals surface area contributed by atoms with Crippen LogP contribution in [0.2, 0.25) is 0 Å². The maximum Gasteiger partial charge on any atom is 0.243 e. The van der Waals surface area contributed by atoms with Crippen molar-refractivity contribution in [1.29, 1.82) is 0 Å². The molecule has 21 heavy (non-hydrogen) atoms. The zero-order chi connectivity index (χ0) is 15.4. The largest absolute Gasteiger partial charge is 0.245 e. The van der Waals surface area contributed by atoms with Gasteiger partial charge in [-0.3, -0.25) is 0 Å². The molecule has 1 aromatic heterocycles. The number of hydrogen-bond donors (Lipinski definition) is 1. The van der Waals surface area contributed by atoms with E-state index in [4.69, 9.17) is 0 Å². The molecule has 4 nitrogen and oxygen atoms in total. The molecule has 2 aromatic rings. The number of aryl methyl sites for hydroxylation is 2. The Morgan fingerprint density at radius 1 is 1.10 bits per heavy atom. The van der Waals surface area contributed by atoms with Gasteiger partial charge in [0.05, 0.1) is 5.71 Å². The molecule has 1 aromatic carbocycles. The van der Waals surface area contributed by atoms with Gasteiger partial charge in [0.25, 0.3) is 0 Å². The molecule has 0 aliphatic carbocycles. The van der Waals surface area contributed by atoms with Gasteiger partial charge >= 0.3 is 0 Å². The topological polar surface area (TPSA) is 50.2 Å². The van der Waals surface area contributed by atoms with Crippen LogP contribution in [0, 0.1) is 13.8 Å². The molecule has 0 spiro atoms. The molecule has 2 rings (SSSR count). The third kappa shape index (κ3) is 3.88. The molecule has 110 valence electrons. The summed E-state index contributed by atoms with van der Waals surface area (Å²) in [6, 6.07) is 10.3. The number of aromatic nitrogens is 2. The van der Waals surface area contributed by atoms with Crippen molar-refractivity contribution in [1.82, 2.24) is 9.97 Å². The van der Waals surface area contributed by atoms with Gasteiger partial charge in [-0.2, -0.15) is 5.10 Å². The second-order valence-electron chi connectivity index (χ2n) is 5.53. The molecule has 0 aliphatic rings. The molecule has 4 heteroatoms. The molecule has 1 heterocycles. The molecule has 0 saturated heterocycles. The monoisotopic (exact) mass is 282 g/mol. The van der Waals surface area contributed by atoms with E-state index in [1.165, 1.54) is 5.56 Å². The second kappa shape index (κ2) is 6.48. The first-order chi connectivity index (χ1) is 9.97. The lowest BCUT2D eigenvalue weighted by atomic mass is 9.95. The van der Waals surface area contributed by atoms with Gasteiger partial charge in [0, 0.05) is 17.0 Å². The maximum atomic E-state index is 4.43. The number of hydrazone groups is 1. The smallest absolute Gasteiger partial charge is 0.243 e. The fourth-order valence-corrected chi connectivity index (χ4v) is 2.30. The first-order valence-electron chi connectivity index (χ1n) is 7.19. The molecule has 0 unspecified atom stereocenters. The standard InChI is InChI=1S/C17H22N4/c1-11(2)15-8-6-7-9-16(15)14(5)20-21-17-18-12(3)10-13(4)19-17/h6-11H,1-5H3,(H,18,19,21). The minimum absolute atomic E-state index is 0.462. The highest BCUT2D eigenvalue weighted by atomic mass is 15.4. The Hall–Kier alpha value is -2.23. The van der Waals surface area contributed by atoms with E-state index in [9.17, 15) is 0 Å². The number of nitrogens with zero attached hydrogens (tertiary/aromatic N) is 3. The SMILES string of the molecule is CC(=NNc1nc(C)cc(C)n1)c1ccccc1C(C)C. The predicted octanol–water partition coefficient (Wildman–Crippen LogP) is 4.05. The lowest BCUT2D eigenvalue weighted by Crippen LogP contribution is -2.06. The van der Waals surface area contributed by atoms with Crippen LogP contribution < -0.4 is 5.43 Å². The van der Waals surface area contributed by atoms with Crippen molar-refractivity contribution in [3.63, 3.8) is 0 Å². The van der Waals surface area contributed by atoms with Crippen LogP contribution in [0.5, 0.6) is 0 Å². The van der Waals surface area contributed by atoms with Crippen LogP contribution in [0.25, 0.3) is 0 Å². The molecule has 0 amide bonds. The van der Waals surface area contributed by atoms with Gasteiger partial charge in [0.1, 0.15) is 0 Å². The van der Waals surface area contributed by atoms with E-state index >= 15 is 0 Å². The van der Waals surface area contributed by atoms with Gasteiger partial charge in [0.2, 0.25) is 5.95 Å². The van der Waals surface area contributed by atoms with Gasteiger partial charge < -0.3 is 0 Å². The van der Waals surface area contributed by atoms with Crippen LogP contribution in [0.15, 0.2) is 35.4 Å². The zero-order valence-corrected chi connectivity index (χ0v) is 13.3. The van der Waals surface area contributed by atoms with Crippen molar-refractivity contribution in [3.05, 3.63) is 52.8 Å². The Kier molecular flexibility index (Phi) is 4.68. The lowest BCUT2D eigenvalue weighted by molar-refractivity contribution is 0.863. The molecule has 0 aliphatic heterocycles. The molecule has 0 saturated carbocycles. The summed E-state index contributed by atoms with van der Waals surface area (Å²) in [6.07, 6.45) is 0. The summed E-state index contributed by atoms with van der Waals surface area (Å²) in [5.41, 5.74) is 8.20. The fraction of sp³-hybridized carbons (Fsp3) is 0.353. The van der Waals surface area contributed by atoms with Gasteiger partial charge in [-0.1, -0.05) is 38.1 Å². The molecule has 1 N–H and O–H groups in total. The van der Waals surface area contributed by atoms with Crippen molar-refractivity contribution in [3.8, 4) is 0 Å². The third-order valence-corrected chi connectivity index (χ3v) is 3.28. The van der Waals surface area contributed by atoms with Crippen LogP contribution in [0.1, 0.15) is 49.2 Å². The lowest BCUT2D eigenvalue weighted by Gasteiger charge is -2.12. The highest BCUT2D eigenvalue weighted by Crippen LogP contribution is 2.20. The first kappa shape index (κ1) is 15.2. The summed E-state index contributed by atoms with van der Waals surface area (Å²) >= 11 is 0. The fourth-order valence-electron chi connectivity index (χ4n) is 2.30. The van der Waals surface area contributed by atoms with Gasteiger partial charge in [-0.15, -0.1) is 0 Å². The minimum atomic E-state index is 0.462. The van der Waals surface area contributed by atoms with Crippen molar-refractivity contribution in [2.24, 2.45) is 5.10 Å². The Morgan fingerprint density at radius 3 is 2.33 bits per heavy atom. The molecule has 0 radical (unpaired) electrons. The molecule has 0 bridgehead atoms. The average molecular weight is 282 g/mol. The van der Waals surface area contributed by atoms with Crippen molar-refractivity contribution in [2.75, 3.05) is 5.43 Å². The van der Waals surface area contributed by atoms with Gasteiger partial charge in [-0.25, -0.2) is 15.4 Å². The van der Waals surface area contributed by atoms with Crippen LogP contribution in [-0.2, 0) is 0 Å². The summed E-state index contributed by atoms with van der Waals surface area (Å²) in [5.74, 6) is 0.998. The zero-order valence-electron chi connectivity index (χ0n) is 13.3. The quantitative estimate of drug-likeness (QED) is 0.679. The number of nitrogens with one attached hydrogen (secondary N) is 1. The maximum absolute atomic E-state index is 4.43. The van der Waals surface area contributed by atoms with Crippen LogP contribution in [-0.4, -0.2) is 15.7 Å². The van der Waals surface area contributed by atoms with E-state index in [0.29, 0.717) is 11.9 Å². The normalized spacial score (nSPS) is 11.8. The van der Waals surface area contributed by atoms with E-state index in [0.717, 1.165) is 22.7 Å². The predicted molar refractivity (Wildman–Crippen MR) is 87.9 cm³/mol. The van der Waals surface area contributed by atoms with Crippen LogP contribution >= 0.6 is 0 Å². The number of rotatable bonds is 4. The van der Waals surface area contributed by atoms with Crippen molar-refractivity contribution < 1.29 is 0 Å². The van der Waals surface area contributed by atoms with E-state index in [-0.39, 0.29) is 0 Å². The van der Waals surface area contributed by atoms with E-state index in [2.05, 4.69) is 52.5 Å². The highest BCUT2D eigenvalue weighted by molar-refractivity contribution is 6.00. The molecular weight excluding hydrogens is 260 g/mol. The highest BCUT2D eigenvalue weighted by Gasteiger charge is 2.08. The van der Waals surface area contributed by atoms with Gasteiger partial charge in [0.15, 0.2) is 0 Å². The first-order valence-corrected chi connectivity index (χ1v) is 7.19. The average Bonchev–Trinajstić information content (AvgIpc) is 2.43. The van der Waals surface area contributed by atoms with Gasteiger partial charge in [-0.05, 0) is 38.3 Å². The number of anilines is 1. The summed E-state index contributed by atoms with van der Waals surface area (Å²) in [6.45, 7) is 10.3. The molecular formula is C17H22N4. The summed E-state index contributed by atoms with van der Waals surface area (Å²) in [4.78, 5) is 8.66. The van der Waals surface area contributed by atoms with Crippen LogP contribution in [0.4, 0.5) is 5.95 Å². The van der Waals surface area contributed by atoms with E-state index in [1.807, 2.05) is 32.9 Å².